The van der Waals surface area contributed by atoms with Crippen LogP contribution in [0.5, 0.6) is 11.5 Å². The zero-order valence-electron chi connectivity index (χ0n) is 17.0. The molecule has 0 aromatic heterocycles. The van der Waals surface area contributed by atoms with Gasteiger partial charge in [-0.15, -0.1) is 0 Å². The normalized spacial score (nSPS) is 11.4. The van der Waals surface area contributed by atoms with Gasteiger partial charge >= 0.3 is 0 Å². The molecule has 0 spiro atoms. The fraction of sp³-hybridized carbons (Fsp3) is 0.381. The summed E-state index contributed by atoms with van der Waals surface area (Å²) >= 11 is 0. The molecule has 0 aliphatic rings. The maximum atomic E-state index is 13.0. The molecule has 0 atom stereocenters. The Kier molecular flexibility index (Phi) is 8.55. The number of nitrogens with one attached hydrogen (secondary N) is 2. The van der Waals surface area contributed by atoms with Gasteiger partial charge in [0.2, 0.25) is 0 Å². The predicted molar refractivity (Wildman–Crippen MR) is 112 cm³/mol. The average molecular weight is 388 g/mol. The maximum absolute atomic E-state index is 13.0. The van der Waals surface area contributed by atoms with E-state index in [9.17, 15) is 4.39 Å². The van der Waals surface area contributed by atoms with Crippen molar-refractivity contribution >= 4 is 11.6 Å². The van der Waals surface area contributed by atoms with E-state index in [0.29, 0.717) is 30.6 Å². The smallest absolute Gasteiger partial charge is 0.195 e. The van der Waals surface area contributed by atoms with Crippen molar-refractivity contribution < 1.29 is 13.9 Å². The summed E-state index contributed by atoms with van der Waals surface area (Å²) in [6.45, 7) is 4.79. The number of nitrogens with zero attached hydrogens (tertiary/aromatic N) is 2. The highest BCUT2D eigenvalue weighted by Gasteiger charge is 2.07. The standard InChI is InChI=1S/C21H29FN4O2/c1-5-28-19-11-10-18(14-20(19)27-4)25-21(23-2)24-12-13-26(3)15-16-6-8-17(22)9-7-16/h6-11,14H,5,12-13,15H2,1-4H3,(H2,23,24,25). The molecule has 2 N–H and O–H groups in total. The molecule has 0 radical (unpaired) electrons. The lowest BCUT2D eigenvalue weighted by Crippen LogP contribution is -2.36. The van der Waals surface area contributed by atoms with Crippen LogP contribution in [0, 0.1) is 5.82 Å². The molecule has 6 nitrogen and oxygen atoms in total. The van der Waals surface area contributed by atoms with E-state index >= 15 is 0 Å². The minimum absolute atomic E-state index is 0.214. The van der Waals surface area contributed by atoms with Crippen molar-refractivity contribution in [1.82, 2.24) is 10.2 Å². The van der Waals surface area contributed by atoms with E-state index in [2.05, 4.69) is 20.5 Å². The number of hydrogen-bond donors (Lipinski definition) is 2. The van der Waals surface area contributed by atoms with Crippen LogP contribution in [0.3, 0.4) is 0 Å². The van der Waals surface area contributed by atoms with E-state index in [0.717, 1.165) is 24.3 Å². The number of benzene rings is 2. The first-order valence-electron chi connectivity index (χ1n) is 9.27. The summed E-state index contributed by atoms with van der Waals surface area (Å²) in [5.41, 5.74) is 1.93. The van der Waals surface area contributed by atoms with E-state index in [1.807, 2.05) is 32.2 Å². The van der Waals surface area contributed by atoms with Gasteiger partial charge in [0.1, 0.15) is 5.82 Å². The van der Waals surface area contributed by atoms with Crippen LogP contribution in [-0.2, 0) is 6.54 Å². The van der Waals surface area contributed by atoms with Crippen LogP contribution in [-0.4, -0.2) is 51.8 Å². The van der Waals surface area contributed by atoms with Gasteiger partial charge in [-0.05, 0) is 43.8 Å². The molecule has 2 aromatic rings. The quantitative estimate of drug-likeness (QED) is 0.510. The number of methoxy groups -OCH3 is 1. The van der Waals surface area contributed by atoms with Crippen molar-refractivity contribution in [2.45, 2.75) is 13.5 Å². The highest BCUT2D eigenvalue weighted by atomic mass is 19.1. The van der Waals surface area contributed by atoms with Gasteiger partial charge in [0.05, 0.1) is 13.7 Å². The van der Waals surface area contributed by atoms with Crippen molar-refractivity contribution in [2.24, 2.45) is 4.99 Å². The van der Waals surface area contributed by atoms with Crippen LogP contribution >= 0.6 is 0 Å². The first-order chi connectivity index (χ1) is 13.5. The third-order valence-corrected chi connectivity index (χ3v) is 4.10. The highest BCUT2D eigenvalue weighted by Crippen LogP contribution is 2.30. The molecule has 7 heteroatoms. The Labute approximate surface area is 166 Å². The number of ether oxygens (including phenoxy) is 2. The van der Waals surface area contributed by atoms with Gasteiger partial charge in [0, 0.05) is 38.4 Å². The van der Waals surface area contributed by atoms with Gasteiger partial charge in [-0.1, -0.05) is 12.1 Å². The number of likely N-dealkylation sites (N-methyl/N-ethyl adjacent to an activating group) is 1. The van der Waals surface area contributed by atoms with Gasteiger partial charge in [-0.2, -0.15) is 0 Å². The van der Waals surface area contributed by atoms with Gasteiger partial charge in [0.25, 0.3) is 0 Å². The molecule has 0 unspecified atom stereocenters. The monoisotopic (exact) mass is 388 g/mol. The molecule has 28 heavy (non-hydrogen) atoms. The van der Waals surface area contributed by atoms with Crippen molar-refractivity contribution in [1.29, 1.82) is 0 Å². The number of hydrogen-bond acceptors (Lipinski definition) is 4. The van der Waals surface area contributed by atoms with E-state index in [1.54, 1.807) is 26.3 Å². The summed E-state index contributed by atoms with van der Waals surface area (Å²) in [7, 11) is 5.37. The molecule has 2 aromatic carbocycles. The van der Waals surface area contributed by atoms with Crippen molar-refractivity contribution in [3.8, 4) is 11.5 Å². The number of anilines is 1. The summed E-state index contributed by atoms with van der Waals surface area (Å²) in [4.78, 5) is 6.41. The summed E-state index contributed by atoms with van der Waals surface area (Å²) < 4.78 is 23.9. The Bertz CT molecular complexity index is 766. The van der Waals surface area contributed by atoms with E-state index < -0.39 is 0 Å². The lowest BCUT2D eigenvalue weighted by molar-refractivity contribution is 0.311. The Balaban J connectivity index is 1.83. The molecule has 0 saturated carbocycles. The summed E-state index contributed by atoms with van der Waals surface area (Å²) in [6, 6.07) is 12.2. The highest BCUT2D eigenvalue weighted by molar-refractivity contribution is 5.93. The Morgan fingerprint density at radius 3 is 2.54 bits per heavy atom. The lowest BCUT2D eigenvalue weighted by Gasteiger charge is -2.19. The Hall–Kier alpha value is -2.80. The molecular formula is C21H29FN4O2. The third kappa shape index (κ3) is 6.74. The molecule has 152 valence electrons. The zero-order chi connectivity index (χ0) is 20.4. The van der Waals surface area contributed by atoms with Crippen LogP contribution in [0.15, 0.2) is 47.5 Å². The van der Waals surface area contributed by atoms with Gasteiger partial charge < -0.3 is 25.0 Å². The number of rotatable bonds is 9. The minimum atomic E-state index is -0.214. The molecule has 0 aliphatic heterocycles. The molecule has 0 saturated heterocycles. The molecule has 0 aliphatic carbocycles. The van der Waals surface area contributed by atoms with Gasteiger partial charge in [-0.3, -0.25) is 4.99 Å². The minimum Gasteiger partial charge on any atom is -0.493 e. The number of aliphatic imine (C=N–C) groups is 1. The van der Waals surface area contributed by atoms with Gasteiger partial charge in [-0.25, -0.2) is 4.39 Å². The van der Waals surface area contributed by atoms with Crippen LogP contribution < -0.4 is 20.1 Å². The third-order valence-electron chi connectivity index (χ3n) is 4.10. The fourth-order valence-corrected chi connectivity index (χ4v) is 2.68. The van der Waals surface area contributed by atoms with Crippen molar-refractivity contribution in [3.05, 3.63) is 53.8 Å². The van der Waals surface area contributed by atoms with Crippen LogP contribution in [0.25, 0.3) is 0 Å². The summed E-state index contributed by atoms with van der Waals surface area (Å²) in [5.74, 6) is 1.83. The van der Waals surface area contributed by atoms with Crippen LogP contribution in [0.2, 0.25) is 0 Å². The van der Waals surface area contributed by atoms with Crippen molar-refractivity contribution in [3.63, 3.8) is 0 Å². The Morgan fingerprint density at radius 2 is 1.89 bits per heavy atom. The lowest BCUT2D eigenvalue weighted by atomic mass is 10.2. The average Bonchev–Trinajstić information content (AvgIpc) is 2.70. The number of halogens is 1. The van der Waals surface area contributed by atoms with Gasteiger partial charge in [0.15, 0.2) is 17.5 Å². The largest absolute Gasteiger partial charge is 0.493 e. The topological polar surface area (TPSA) is 58.1 Å². The molecule has 2 rings (SSSR count). The first kappa shape index (κ1) is 21.5. The Morgan fingerprint density at radius 1 is 1.14 bits per heavy atom. The maximum Gasteiger partial charge on any atom is 0.195 e. The molecule has 0 fully saturated rings. The molecule has 0 bridgehead atoms. The summed E-state index contributed by atoms with van der Waals surface area (Å²) in [6.07, 6.45) is 0. The van der Waals surface area contributed by atoms with E-state index in [4.69, 9.17) is 9.47 Å². The first-order valence-corrected chi connectivity index (χ1v) is 9.27. The SMILES string of the molecule is CCOc1ccc(NC(=NC)NCCN(C)Cc2ccc(F)cc2)cc1OC. The predicted octanol–water partition coefficient (Wildman–Crippen LogP) is 3.35. The van der Waals surface area contributed by atoms with Crippen LogP contribution in [0.4, 0.5) is 10.1 Å². The second-order valence-corrected chi connectivity index (χ2v) is 6.29. The molecular weight excluding hydrogens is 359 g/mol. The second kappa shape index (κ2) is 11.1. The zero-order valence-corrected chi connectivity index (χ0v) is 17.0. The number of guanidine groups is 1. The molecule has 0 amide bonds. The van der Waals surface area contributed by atoms with E-state index in [-0.39, 0.29) is 5.82 Å². The fourth-order valence-electron chi connectivity index (χ4n) is 2.68. The van der Waals surface area contributed by atoms with Crippen molar-refractivity contribution in [2.75, 3.05) is 46.2 Å². The molecule has 0 heterocycles. The van der Waals surface area contributed by atoms with E-state index in [1.165, 1.54) is 12.1 Å². The second-order valence-electron chi connectivity index (χ2n) is 6.29. The summed E-state index contributed by atoms with van der Waals surface area (Å²) in [5, 5.41) is 6.53. The van der Waals surface area contributed by atoms with Crippen LogP contribution in [0.1, 0.15) is 12.5 Å².